The molecule has 0 saturated carbocycles. The lowest BCUT2D eigenvalue weighted by Gasteiger charge is -2.16. The third kappa shape index (κ3) is 14.3. The molecule has 0 fully saturated rings. The Hall–Kier alpha value is -6.43. The number of anilines is 4. The van der Waals surface area contributed by atoms with Gasteiger partial charge in [-0.3, -0.25) is 28.8 Å². The van der Waals surface area contributed by atoms with Crippen LogP contribution >= 0.6 is 58.0 Å². The first kappa shape index (κ1) is 53.5. The van der Waals surface area contributed by atoms with Gasteiger partial charge in [0.15, 0.2) is 11.6 Å². The van der Waals surface area contributed by atoms with Crippen molar-refractivity contribution in [2.45, 2.75) is 58.0 Å². The van der Waals surface area contributed by atoms with Crippen LogP contribution in [0.4, 0.5) is 34.1 Å². The highest BCUT2D eigenvalue weighted by molar-refractivity contribution is 6.37. The molecule has 5 aromatic carbocycles. The molecule has 21 heteroatoms. The zero-order chi connectivity index (χ0) is 50.2. The molecule has 2 atom stereocenters. The van der Waals surface area contributed by atoms with Crippen LogP contribution in [0.1, 0.15) is 65.1 Å². The van der Waals surface area contributed by atoms with E-state index in [1.807, 2.05) is 13.8 Å². The zero-order valence-corrected chi connectivity index (χ0v) is 41.3. The first-order valence-electron chi connectivity index (χ1n) is 21.1. The van der Waals surface area contributed by atoms with Gasteiger partial charge in [-0.05, 0) is 119 Å². The lowest BCUT2D eigenvalue weighted by molar-refractivity contribution is -0.127. The Morgan fingerprint density at radius 2 is 0.971 bits per heavy atom. The van der Waals surface area contributed by atoms with Gasteiger partial charge in [-0.2, -0.15) is 20.5 Å². The average molecular weight is 1040 g/mol. The third-order valence-electron chi connectivity index (χ3n) is 9.79. The maximum absolute atomic E-state index is 13.5. The Kier molecular flexibility index (Phi) is 20.0. The fraction of sp³-hybridized carbons (Fsp3) is 0.250. The number of aryl methyl sites for hydroxylation is 1. The minimum Gasteiger partial charge on any atom is -0.494 e. The molecule has 360 valence electrons. The minimum absolute atomic E-state index is 0.0182. The fourth-order valence-electron chi connectivity index (χ4n) is 6.45. The number of hydrogen-bond acceptors (Lipinski definition) is 12. The van der Waals surface area contributed by atoms with Crippen LogP contribution in [-0.4, -0.2) is 66.4 Å². The van der Waals surface area contributed by atoms with E-state index in [1.165, 1.54) is 54.6 Å². The highest BCUT2D eigenvalue weighted by atomic mass is 35.5. The van der Waals surface area contributed by atoms with E-state index in [9.17, 15) is 28.8 Å². The summed E-state index contributed by atoms with van der Waals surface area (Å²) in [6, 6.07) is 20.1. The summed E-state index contributed by atoms with van der Waals surface area (Å²) in [5.41, 5.74) is 3.29. The molecular formula is C48H45Cl5N8O8. The molecule has 5 aromatic rings. The molecule has 16 nitrogen and oxygen atoms in total. The number of amides is 4. The maximum Gasteiger partial charge on any atom is 0.258 e. The molecule has 0 saturated heterocycles. The Morgan fingerprint density at radius 1 is 0.551 bits per heavy atom. The summed E-state index contributed by atoms with van der Waals surface area (Å²) >= 11 is 31.4. The summed E-state index contributed by atoms with van der Waals surface area (Å²) < 4.78 is 11.1. The minimum atomic E-state index is -1.63. The number of carbonyl (C=O) groups excluding carboxylic acids is 6. The van der Waals surface area contributed by atoms with Gasteiger partial charge in [0.25, 0.3) is 23.6 Å². The summed E-state index contributed by atoms with van der Waals surface area (Å²) in [6.07, 6.45) is 0.201. The van der Waals surface area contributed by atoms with Crippen LogP contribution in [-0.2, 0) is 37.4 Å². The van der Waals surface area contributed by atoms with Crippen LogP contribution in [0.2, 0.25) is 10.0 Å². The summed E-state index contributed by atoms with van der Waals surface area (Å²) in [5.74, 6) is -2.53. The second kappa shape index (κ2) is 25.8. The van der Waals surface area contributed by atoms with E-state index in [0.717, 1.165) is 13.8 Å². The van der Waals surface area contributed by atoms with E-state index in [1.54, 1.807) is 36.4 Å². The number of rotatable bonds is 22. The molecule has 0 spiro atoms. The molecule has 0 aliphatic carbocycles. The predicted molar refractivity (Wildman–Crippen MR) is 269 cm³/mol. The van der Waals surface area contributed by atoms with E-state index < -0.39 is 47.3 Å². The molecule has 0 heterocycles. The number of carbonyl (C=O) groups is 6. The molecule has 0 bridgehead atoms. The van der Waals surface area contributed by atoms with Crippen molar-refractivity contribution in [1.82, 2.24) is 0 Å². The van der Waals surface area contributed by atoms with Crippen molar-refractivity contribution in [3.63, 3.8) is 0 Å². The van der Waals surface area contributed by atoms with Crippen molar-refractivity contribution in [2.24, 2.45) is 20.5 Å². The van der Waals surface area contributed by atoms with Crippen LogP contribution < -0.4 is 30.7 Å². The van der Waals surface area contributed by atoms with Gasteiger partial charge < -0.3 is 30.7 Å². The van der Waals surface area contributed by atoms with Crippen molar-refractivity contribution >= 4 is 127 Å². The first-order chi connectivity index (χ1) is 33.1. The number of ketones is 2. The van der Waals surface area contributed by atoms with Crippen molar-refractivity contribution in [3.05, 3.63) is 129 Å². The SMILES string of the molecule is CCOc1ccc(NC(=O)c2cccc(N=NC(C(C)=O)C(=O)Nc3ccc(NC(=O)C(N=Nc4cccc(C(=O)Nc5ccc(OCC)c(CCl)c5)c4Cl)C(C)=O)c(CCCl)c3)c2Cl)cc1CCl. The second-order valence-electron chi connectivity index (χ2n) is 14.7. The van der Waals surface area contributed by atoms with E-state index in [0.29, 0.717) is 52.8 Å². The lowest BCUT2D eigenvalue weighted by atomic mass is 10.1. The molecule has 0 aliphatic rings. The normalized spacial score (nSPS) is 12.0. The number of nitrogens with one attached hydrogen (secondary N) is 4. The fourth-order valence-corrected chi connectivity index (χ4v) is 7.57. The van der Waals surface area contributed by atoms with E-state index in [-0.39, 0.29) is 68.0 Å². The Morgan fingerprint density at radius 3 is 1.39 bits per heavy atom. The van der Waals surface area contributed by atoms with Gasteiger partial charge in [-0.1, -0.05) is 35.3 Å². The Labute approximate surface area is 422 Å². The largest absolute Gasteiger partial charge is 0.494 e. The van der Waals surface area contributed by atoms with Crippen LogP contribution in [0.15, 0.2) is 111 Å². The van der Waals surface area contributed by atoms with Gasteiger partial charge in [-0.15, -0.1) is 34.8 Å². The number of hydrogen-bond donors (Lipinski definition) is 4. The van der Waals surface area contributed by atoms with E-state index >= 15 is 0 Å². The van der Waals surface area contributed by atoms with Crippen LogP contribution in [0.5, 0.6) is 11.5 Å². The number of ether oxygens (including phenoxy) is 2. The highest BCUT2D eigenvalue weighted by Crippen LogP contribution is 2.33. The summed E-state index contributed by atoms with van der Waals surface area (Å²) in [5, 5.41) is 26.8. The standard InChI is InChI=1S/C48H45Cl5N8O8/c1-5-68-39-17-14-32(22-29(39)24-50)54-45(64)34-9-7-11-37(41(34)52)58-60-43(26(3)62)47(66)56-31-13-16-36(28(21-31)19-20-49)57-48(67)44(27(4)63)61-59-38-12-8-10-35(42(38)53)46(65)55-33-15-18-40(69-6-2)30(23-33)25-51/h7-18,21-23,43-44H,5-6,19-20,24-25H2,1-4H3,(H,54,64)(H,55,65)(H,56,66)(H,57,67). The quantitative estimate of drug-likeness (QED) is 0.0296. The molecule has 5 rings (SSSR count). The molecule has 2 unspecified atom stereocenters. The summed E-state index contributed by atoms with van der Waals surface area (Å²) in [7, 11) is 0. The maximum atomic E-state index is 13.5. The van der Waals surface area contributed by atoms with E-state index in [4.69, 9.17) is 67.5 Å². The van der Waals surface area contributed by atoms with Gasteiger partial charge in [0.1, 0.15) is 22.9 Å². The first-order valence-corrected chi connectivity index (χ1v) is 23.4. The van der Waals surface area contributed by atoms with Crippen molar-refractivity contribution in [2.75, 3.05) is 40.4 Å². The summed E-state index contributed by atoms with van der Waals surface area (Å²) in [4.78, 5) is 78.9. The smallest absolute Gasteiger partial charge is 0.258 e. The monoisotopic (exact) mass is 1040 g/mol. The number of Topliss-reactive ketones (excluding diaryl/α,β-unsaturated/α-hetero) is 2. The number of halogens is 5. The Balaban J connectivity index is 1.27. The van der Waals surface area contributed by atoms with Crippen LogP contribution in [0, 0.1) is 0 Å². The molecule has 0 radical (unpaired) electrons. The Bertz CT molecular complexity index is 2810. The number of benzene rings is 5. The zero-order valence-electron chi connectivity index (χ0n) is 37.5. The molecule has 4 N–H and O–H groups in total. The number of azo groups is 2. The molecule has 69 heavy (non-hydrogen) atoms. The van der Waals surface area contributed by atoms with Crippen molar-refractivity contribution in [3.8, 4) is 11.5 Å². The second-order valence-corrected chi connectivity index (χ2v) is 16.4. The molecule has 0 aromatic heterocycles. The highest BCUT2D eigenvalue weighted by Gasteiger charge is 2.27. The van der Waals surface area contributed by atoms with Crippen molar-refractivity contribution in [1.29, 1.82) is 0 Å². The van der Waals surface area contributed by atoms with Gasteiger partial charge in [0.05, 0.1) is 46.1 Å². The van der Waals surface area contributed by atoms with Gasteiger partial charge in [0, 0.05) is 39.8 Å². The molecule has 4 amide bonds. The number of nitrogens with zero attached hydrogens (tertiary/aromatic N) is 4. The van der Waals surface area contributed by atoms with Gasteiger partial charge in [-0.25, -0.2) is 0 Å². The van der Waals surface area contributed by atoms with Gasteiger partial charge >= 0.3 is 0 Å². The molecular weight excluding hydrogens is 994 g/mol. The van der Waals surface area contributed by atoms with Crippen molar-refractivity contribution < 1.29 is 38.2 Å². The van der Waals surface area contributed by atoms with Crippen LogP contribution in [0.25, 0.3) is 0 Å². The summed E-state index contributed by atoms with van der Waals surface area (Å²) in [6.45, 7) is 6.88. The average Bonchev–Trinajstić information content (AvgIpc) is 3.31. The topological polar surface area (TPSA) is 218 Å². The third-order valence-corrected chi connectivity index (χ3v) is 11.4. The van der Waals surface area contributed by atoms with Crippen LogP contribution in [0.3, 0.4) is 0 Å². The lowest BCUT2D eigenvalue weighted by Crippen LogP contribution is -2.32. The molecule has 0 aliphatic heterocycles. The number of alkyl halides is 3. The van der Waals surface area contributed by atoms with Gasteiger partial charge in [0.2, 0.25) is 12.1 Å². The van der Waals surface area contributed by atoms with E-state index in [2.05, 4.69) is 41.7 Å². The predicted octanol–water partition coefficient (Wildman–Crippen LogP) is 11.9.